The summed E-state index contributed by atoms with van der Waals surface area (Å²) in [4.78, 5) is 0. The molecule has 0 saturated carbocycles. The van der Waals surface area contributed by atoms with Crippen molar-refractivity contribution in [1.82, 2.24) is 5.01 Å². The second kappa shape index (κ2) is 8.24. The highest BCUT2D eigenvalue weighted by Gasteiger charge is 2.42. The Labute approximate surface area is 192 Å². The van der Waals surface area contributed by atoms with Gasteiger partial charge in [-0.3, -0.25) is 0 Å². The molecular weight excluding hydrogens is 420 g/mol. The largest absolute Gasteiger partial charge is 0.507 e. The molecule has 33 heavy (non-hydrogen) atoms. The van der Waals surface area contributed by atoms with Crippen LogP contribution < -0.4 is 18.9 Å². The fourth-order valence-corrected chi connectivity index (χ4v) is 4.51. The van der Waals surface area contributed by atoms with Crippen molar-refractivity contribution < 1.29 is 24.1 Å². The summed E-state index contributed by atoms with van der Waals surface area (Å²) < 4.78 is 23.0. The first kappa shape index (κ1) is 21.0. The van der Waals surface area contributed by atoms with Gasteiger partial charge in [0.05, 0.1) is 33.1 Å². The van der Waals surface area contributed by atoms with Gasteiger partial charge in [-0.15, -0.1) is 0 Å². The topological polar surface area (TPSA) is 72.8 Å². The van der Waals surface area contributed by atoms with E-state index in [1.807, 2.05) is 60.5 Å². The second-order valence-corrected chi connectivity index (χ2v) is 8.13. The first-order valence-electron chi connectivity index (χ1n) is 10.7. The predicted octanol–water partition coefficient (Wildman–Crippen LogP) is 4.97. The molecule has 0 radical (unpaired) electrons. The van der Waals surface area contributed by atoms with Gasteiger partial charge in [-0.25, -0.2) is 5.01 Å². The molecular formula is C26H26N2O5. The summed E-state index contributed by atoms with van der Waals surface area (Å²) in [5.74, 6) is 2.84. The molecule has 0 unspecified atom stereocenters. The fraction of sp³-hybridized carbons (Fsp3) is 0.269. The molecule has 0 aliphatic carbocycles. The number of aryl methyl sites for hydroxylation is 1. The predicted molar refractivity (Wildman–Crippen MR) is 124 cm³/mol. The molecule has 170 valence electrons. The highest BCUT2D eigenvalue weighted by Crippen LogP contribution is 2.51. The molecule has 0 spiro atoms. The Bertz CT molecular complexity index is 1240. The zero-order valence-electron chi connectivity index (χ0n) is 19.0. The van der Waals surface area contributed by atoms with E-state index in [0.29, 0.717) is 29.4 Å². The normalized spacial score (nSPS) is 18.7. The SMILES string of the molecule is COc1ccc([C@@H]2Oc3c(OC)cccc3[C@@H]3CC(c4cc(C)ccc4O)=NN32)cc1OC. The highest BCUT2D eigenvalue weighted by atomic mass is 16.5. The maximum atomic E-state index is 10.5. The molecule has 3 aromatic carbocycles. The molecule has 1 N–H and O–H groups in total. The molecule has 2 aliphatic heterocycles. The number of phenols is 1. The van der Waals surface area contributed by atoms with Crippen molar-refractivity contribution in [2.75, 3.05) is 21.3 Å². The van der Waals surface area contributed by atoms with Crippen LogP contribution in [0.2, 0.25) is 0 Å². The zero-order valence-corrected chi connectivity index (χ0v) is 19.0. The van der Waals surface area contributed by atoms with Gasteiger partial charge in [-0.1, -0.05) is 23.8 Å². The summed E-state index contributed by atoms with van der Waals surface area (Å²) in [5, 5.41) is 17.4. The van der Waals surface area contributed by atoms with Crippen molar-refractivity contribution in [3.63, 3.8) is 0 Å². The Morgan fingerprint density at radius 2 is 1.73 bits per heavy atom. The van der Waals surface area contributed by atoms with E-state index in [1.54, 1.807) is 27.4 Å². The second-order valence-electron chi connectivity index (χ2n) is 8.13. The van der Waals surface area contributed by atoms with Gasteiger partial charge in [0.25, 0.3) is 0 Å². The average Bonchev–Trinajstić information content (AvgIpc) is 3.29. The van der Waals surface area contributed by atoms with Crippen LogP contribution in [0.4, 0.5) is 0 Å². The average molecular weight is 447 g/mol. The minimum Gasteiger partial charge on any atom is -0.507 e. The van der Waals surface area contributed by atoms with Crippen molar-refractivity contribution in [3.8, 4) is 28.7 Å². The third kappa shape index (κ3) is 3.50. The van der Waals surface area contributed by atoms with E-state index in [-0.39, 0.29) is 11.8 Å². The minimum absolute atomic E-state index is 0.0724. The molecule has 0 saturated heterocycles. The van der Waals surface area contributed by atoms with Gasteiger partial charge in [0.2, 0.25) is 6.23 Å². The van der Waals surface area contributed by atoms with Gasteiger partial charge in [-0.05, 0) is 43.3 Å². The van der Waals surface area contributed by atoms with Crippen LogP contribution in [0.1, 0.15) is 40.9 Å². The maximum Gasteiger partial charge on any atom is 0.214 e. The standard InChI is InChI=1S/C26H26N2O5/c1-15-8-10-21(29)18(12-15)19-14-20-17-6-5-7-23(31-3)25(17)33-26(28(20)27-19)16-9-11-22(30-2)24(13-16)32-4/h5-13,20,26,29H,14H2,1-4H3/t20-,26-/m0/s1. The molecule has 2 atom stereocenters. The number of rotatable bonds is 5. The van der Waals surface area contributed by atoms with Crippen molar-refractivity contribution >= 4 is 5.71 Å². The van der Waals surface area contributed by atoms with Crippen molar-refractivity contribution in [2.24, 2.45) is 5.10 Å². The summed E-state index contributed by atoms with van der Waals surface area (Å²) in [6.45, 7) is 2.00. The maximum absolute atomic E-state index is 10.5. The summed E-state index contributed by atoms with van der Waals surface area (Å²) in [5.41, 5.74) is 4.47. The van der Waals surface area contributed by atoms with E-state index in [1.165, 1.54) is 0 Å². The van der Waals surface area contributed by atoms with E-state index in [2.05, 4.69) is 0 Å². The van der Waals surface area contributed by atoms with E-state index in [9.17, 15) is 5.11 Å². The first-order chi connectivity index (χ1) is 16.0. The van der Waals surface area contributed by atoms with Crippen molar-refractivity contribution in [2.45, 2.75) is 25.6 Å². The lowest BCUT2D eigenvalue weighted by atomic mass is 9.94. The lowest BCUT2D eigenvalue weighted by Crippen LogP contribution is -2.33. The van der Waals surface area contributed by atoms with Gasteiger partial charge in [0.15, 0.2) is 23.0 Å². The molecule has 5 rings (SSSR count). The van der Waals surface area contributed by atoms with Crippen LogP contribution in [0.15, 0.2) is 59.7 Å². The number of fused-ring (bicyclic) bond motifs is 3. The molecule has 0 aromatic heterocycles. The third-order valence-corrected chi connectivity index (χ3v) is 6.16. The van der Waals surface area contributed by atoms with Crippen LogP contribution in [0.25, 0.3) is 0 Å². The van der Waals surface area contributed by atoms with Gasteiger partial charge in [0, 0.05) is 23.1 Å². The van der Waals surface area contributed by atoms with Crippen LogP contribution in [0.3, 0.4) is 0 Å². The Kier molecular flexibility index (Phi) is 5.24. The van der Waals surface area contributed by atoms with Crippen molar-refractivity contribution in [1.29, 1.82) is 0 Å². The third-order valence-electron chi connectivity index (χ3n) is 6.16. The number of hydrogen-bond donors (Lipinski definition) is 1. The summed E-state index contributed by atoms with van der Waals surface area (Å²) in [6, 6.07) is 17.1. The number of benzene rings is 3. The Morgan fingerprint density at radius 1 is 0.939 bits per heavy atom. The number of nitrogens with zero attached hydrogens (tertiary/aromatic N) is 2. The monoisotopic (exact) mass is 446 g/mol. The molecule has 7 nitrogen and oxygen atoms in total. The molecule has 0 fully saturated rings. The van der Waals surface area contributed by atoms with Gasteiger partial charge in [-0.2, -0.15) is 5.10 Å². The van der Waals surface area contributed by atoms with Crippen LogP contribution in [-0.4, -0.2) is 37.2 Å². The van der Waals surface area contributed by atoms with E-state index in [0.717, 1.165) is 28.0 Å². The minimum atomic E-state index is -0.511. The number of phenolic OH excluding ortho intramolecular Hbond substituents is 1. The number of para-hydroxylation sites is 1. The number of methoxy groups -OCH3 is 3. The highest BCUT2D eigenvalue weighted by molar-refractivity contribution is 6.04. The first-order valence-corrected chi connectivity index (χ1v) is 10.7. The smallest absolute Gasteiger partial charge is 0.214 e. The summed E-state index contributed by atoms with van der Waals surface area (Å²) in [6.07, 6.45) is 0.118. The summed E-state index contributed by atoms with van der Waals surface area (Å²) >= 11 is 0. The lowest BCUT2D eigenvalue weighted by Gasteiger charge is -2.38. The van der Waals surface area contributed by atoms with Crippen LogP contribution in [0, 0.1) is 6.92 Å². The Morgan fingerprint density at radius 3 is 2.48 bits per heavy atom. The lowest BCUT2D eigenvalue weighted by molar-refractivity contribution is -0.0210. The molecule has 0 bridgehead atoms. The van der Waals surface area contributed by atoms with Crippen LogP contribution >= 0.6 is 0 Å². The number of hydrazone groups is 1. The molecule has 3 aromatic rings. The molecule has 7 heteroatoms. The van der Waals surface area contributed by atoms with E-state index in [4.69, 9.17) is 24.0 Å². The van der Waals surface area contributed by atoms with Crippen molar-refractivity contribution in [3.05, 3.63) is 76.9 Å². The van der Waals surface area contributed by atoms with Crippen LogP contribution in [0.5, 0.6) is 28.7 Å². The Hall–Kier alpha value is -3.87. The fourth-order valence-electron chi connectivity index (χ4n) is 4.51. The quantitative estimate of drug-likeness (QED) is 0.597. The van der Waals surface area contributed by atoms with Gasteiger partial charge >= 0.3 is 0 Å². The number of hydrogen-bond acceptors (Lipinski definition) is 7. The molecule has 0 amide bonds. The van der Waals surface area contributed by atoms with E-state index < -0.39 is 6.23 Å². The zero-order chi connectivity index (χ0) is 23.1. The molecule has 2 heterocycles. The van der Waals surface area contributed by atoms with Gasteiger partial charge < -0.3 is 24.1 Å². The Balaban J connectivity index is 1.64. The molecule has 2 aliphatic rings. The number of ether oxygens (including phenoxy) is 4. The summed E-state index contributed by atoms with van der Waals surface area (Å²) in [7, 11) is 4.85. The van der Waals surface area contributed by atoms with E-state index >= 15 is 0 Å². The number of aromatic hydroxyl groups is 1. The van der Waals surface area contributed by atoms with Gasteiger partial charge in [0.1, 0.15) is 5.75 Å². The van der Waals surface area contributed by atoms with Crippen LogP contribution in [-0.2, 0) is 0 Å².